The van der Waals surface area contributed by atoms with Gasteiger partial charge in [-0.1, -0.05) is 82.8 Å². The fourth-order valence-electron chi connectivity index (χ4n) is 9.72. The SMILES string of the molecule is CN1Cc2c(Cl)cc(Cl)cc2[C@H](c2cccc(-c3nnn(CCOCCOCCOCCNC(=O)[C@@H](O)[C@H](O)[C@H](O)[C@@H](O)C(=O)NCCOCCOCCOCCn4nnc(-c5cccc([C@@H]6CN(C)Cc7c(Cl)cc(Cl)cc76)c5)n4)n3)c2)C1.Cl. The molecular formula is C56H71Cl5N12O12. The van der Waals surface area contributed by atoms with Gasteiger partial charge in [0.25, 0.3) is 11.8 Å². The van der Waals surface area contributed by atoms with Crippen LogP contribution in [0.1, 0.15) is 45.2 Å². The van der Waals surface area contributed by atoms with E-state index in [0.717, 1.165) is 70.7 Å². The first-order chi connectivity index (χ1) is 40.6. The Morgan fingerprint density at radius 2 is 0.906 bits per heavy atom. The Kier molecular flexibility index (Phi) is 26.9. The summed E-state index contributed by atoms with van der Waals surface area (Å²) in [7, 11) is 4.14. The molecule has 0 spiro atoms. The van der Waals surface area contributed by atoms with E-state index in [1.165, 1.54) is 9.59 Å². The lowest BCUT2D eigenvalue weighted by atomic mass is 9.84. The van der Waals surface area contributed by atoms with Crippen LogP contribution in [0.3, 0.4) is 0 Å². The average molecular weight is 1280 g/mol. The number of hydrogen-bond donors (Lipinski definition) is 6. The minimum absolute atomic E-state index is 0. The zero-order valence-electron chi connectivity index (χ0n) is 47.0. The smallest absolute Gasteiger partial charge is 0.251 e. The van der Waals surface area contributed by atoms with Crippen LogP contribution < -0.4 is 10.6 Å². The van der Waals surface area contributed by atoms with Gasteiger partial charge in [0, 0.05) is 82.3 Å². The monoisotopic (exact) mass is 1280 g/mol. The van der Waals surface area contributed by atoms with Crippen LogP contribution in [0.15, 0.2) is 72.8 Å². The molecule has 2 amide bonds. The first kappa shape index (κ1) is 67.4. The third-order valence-electron chi connectivity index (χ3n) is 14.0. The molecule has 6 aromatic rings. The molecular weight excluding hydrogens is 1210 g/mol. The van der Waals surface area contributed by atoms with Crippen LogP contribution in [-0.2, 0) is 64.2 Å². The number of tetrazole rings is 2. The molecule has 0 unspecified atom stereocenters. The van der Waals surface area contributed by atoms with Crippen molar-refractivity contribution in [1.82, 2.24) is 60.8 Å². The Labute approximate surface area is 518 Å². The fraction of sp³-hybridized carbons (Fsp3) is 0.500. The fourth-order valence-corrected chi connectivity index (χ4v) is 10.9. The Balaban J connectivity index is 0.0000104. The molecule has 4 heterocycles. The first-order valence-corrected chi connectivity index (χ1v) is 29.0. The maximum Gasteiger partial charge on any atom is 0.251 e. The van der Waals surface area contributed by atoms with Gasteiger partial charge in [-0.25, -0.2) is 0 Å². The summed E-state index contributed by atoms with van der Waals surface area (Å²) in [6, 6.07) is 23.7. The number of hydrogen-bond acceptors (Lipinski definition) is 20. The van der Waals surface area contributed by atoms with Gasteiger partial charge in [-0.2, -0.15) is 9.59 Å². The molecule has 2 aromatic heterocycles. The molecule has 29 heteroatoms. The van der Waals surface area contributed by atoms with Crippen LogP contribution >= 0.6 is 58.8 Å². The number of carbonyl (C=O) groups is 2. The normalized spacial score (nSPS) is 16.7. The Hall–Kier alpha value is -5.07. The number of aliphatic hydroxyl groups is 4. The topological polar surface area (TPSA) is 288 Å². The molecule has 24 nitrogen and oxygen atoms in total. The second-order valence-electron chi connectivity index (χ2n) is 20.2. The molecule has 85 heavy (non-hydrogen) atoms. The molecule has 0 saturated heterocycles. The highest BCUT2D eigenvalue weighted by atomic mass is 35.5. The van der Waals surface area contributed by atoms with Crippen LogP contribution in [-0.4, -0.2) is 226 Å². The molecule has 0 saturated carbocycles. The zero-order chi connectivity index (χ0) is 59.5. The quantitative estimate of drug-likeness (QED) is 0.0321. The van der Waals surface area contributed by atoms with Crippen molar-refractivity contribution < 1.29 is 58.4 Å². The van der Waals surface area contributed by atoms with E-state index in [2.05, 4.69) is 89.6 Å². The summed E-state index contributed by atoms with van der Waals surface area (Å²) >= 11 is 25.9. The van der Waals surface area contributed by atoms with Crippen molar-refractivity contribution in [2.45, 2.75) is 62.4 Å². The number of fused-ring (bicyclic) bond motifs is 2. The van der Waals surface area contributed by atoms with E-state index in [1.807, 2.05) is 36.4 Å². The van der Waals surface area contributed by atoms with Gasteiger partial charge in [0.05, 0.1) is 92.4 Å². The highest BCUT2D eigenvalue weighted by molar-refractivity contribution is 6.35. The van der Waals surface area contributed by atoms with Crippen LogP contribution in [0.4, 0.5) is 0 Å². The molecule has 8 rings (SSSR count). The minimum atomic E-state index is -2.18. The first-order valence-electron chi connectivity index (χ1n) is 27.5. The van der Waals surface area contributed by atoms with E-state index < -0.39 is 36.2 Å². The predicted octanol–water partition coefficient (Wildman–Crippen LogP) is 3.66. The number of aromatic nitrogens is 8. The van der Waals surface area contributed by atoms with Gasteiger partial charge >= 0.3 is 0 Å². The number of halogens is 5. The predicted molar refractivity (Wildman–Crippen MR) is 318 cm³/mol. The summed E-state index contributed by atoms with van der Waals surface area (Å²) in [5, 5.41) is 74.5. The number of likely N-dealkylation sites (N-methyl/N-ethyl adjacent to an activating group) is 2. The maximum atomic E-state index is 12.4. The summed E-state index contributed by atoms with van der Waals surface area (Å²) in [6.07, 6.45) is -8.67. The molecule has 2 aliphatic rings. The Morgan fingerprint density at radius 3 is 1.29 bits per heavy atom. The molecule has 2 aliphatic heterocycles. The summed E-state index contributed by atoms with van der Waals surface area (Å²) < 4.78 is 33.3. The summed E-state index contributed by atoms with van der Waals surface area (Å²) in [6.45, 7) is 6.66. The number of benzene rings is 4. The third-order valence-corrected chi connectivity index (χ3v) is 15.1. The Morgan fingerprint density at radius 1 is 0.541 bits per heavy atom. The number of ether oxygens (including phenoxy) is 6. The lowest BCUT2D eigenvalue weighted by Gasteiger charge is -2.33. The number of amides is 2. The Bertz CT molecular complexity index is 2890. The summed E-state index contributed by atoms with van der Waals surface area (Å²) in [5.41, 5.74) is 8.26. The van der Waals surface area contributed by atoms with Crippen LogP contribution in [0, 0.1) is 0 Å². The minimum Gasteiger partial charge on any atom is -0.387 e. The van der Waals surface area contributed by atoms with Crippen molar-refractivity contribution in [1.29, 1.82) is 0 Å². The second-order valence-corrected chi connectivity index (χ2v) is 21.9. The van der Waals surface area contributed by atoms with Gasteiger partial charge in [-0.3, -0.25) is 9.59 Å². The largest absolute Gasteiger partial charge is 0.387 e. The molecule has 6 atom stereocenters. The highest BCUT2D eigenvalue weighted by Crippen LogP contribution is 2.41. The number of rotatable bonds is 33. The van der Waals surface area contributed by atoms with Gasteiger partial charge in [0.15, 0.2) is 12.2 Å². The van der Waals surface area contributed by atoms with E-state index in [1.54, 1.807) is 12.1 Å². The molecule has 0 bridgehead atoms. The van der Waals surface area contributed by atoms with Crippen molar-refractivity contribution in [2.75, 3.05) is 120 Å². The van der Waals surface area contributed by atoms with Crippen molar-refractivity contribution in [3.05, 3.63) is 126 Å². The van der Waals surface area contributed by atoms with E-state index in [0.29, 0.717) is 84.5 Å². The zero-order valence-corrected chi connectivity index (χ0v) is 50.8. The second kappa shape index (κ2) is 33.9. The van der Waals surface area contributed by atoms with E-state index in [-0.39, 0.29) is 77.0 Å². The highest BCUT2D eigenvalue weighted by Gasteiger charge is 2.37. The van der Waals surface area contributed by atoms with E-state index in [9.17, 15) is 30.0 Å². The summed E-state index contributed by atoms with van der Waals surface area (Å²) in [4.78, 5) is 32.3. The maximum absolute atomic E-state index is 12.4. The van der Waals surface area contributed by atoms with Gasteiger partial charge in [0.1, 0.15) is 12.2 Å². The molecule has 0 aliphatic carbocycles. The number of aliphatic hydroxyl groups excluding tert-OH is 4. The standard InChI is InChI=1S/C56H70Cl4N12O12.ClH/c1-69-31-43(41-27-39(57)29-47(59)45(41)33-69)35-5-3-7-37(25-35)53-63-67-71(65-53)11-15-81-19-23-83-21-17-79-13-9-61-55(77)51(75)49(73)50(74)52(76)56(78)62-10-14-80-18-22-84-24-20-82-16-12-72-66-54(64-68-72)38-8-4-6-36(26-38)44-32-70(2)34-46-42(44)28-40(58)30-48(46)60;/h3-8,25-30,43-44,49-52,73-76H,9-24,31-34H2,1-2H3,(H,61,77)(H,62,78);1H/t43-,44-,49-,50+,51+,52-;/m0./s1. The van der Waals surface area contributed by atoms with E-state index >= 15 is 0 Å². The van der Waals surface area contributed by atoms with Crippen LogP contribution in [0.2, 0.25) is 20.1 Å². The molecule has 6 N–H and O–H groups in total. The van der Waals surface area contributed by atoms with Crippen molar-refractivity contribution in [3.63, 3.8) is 0 Å². The van der Waals surface area contributed by atoms with Crippen molar-refractivity contribution >= 4 is 70.6 Å². The molecule has 0 radical (unpaired) electrons. The average Bonchev–Trinajstić information content (AvgIpc) is 2.96. The summed E-state index contributed by atoms with van der Waals surface area (Å²) in [5.74, 6) is -0.950. The molecule has 462 valence electrons. The lowest BCUT2D eigenvalue weighted by Crippen LogP contribution is -2.54. The van der Waals surface area contributed by atoms with Gasteiger partial charge < -0.3 is 69.3 Å². The van der Waals surface area contributed by atoms with Crippen molar-refractivity contribution in [2.24, 2.45) is 0 Å². The van der Waals surface area contributed by atoms with Crippen LogP contribution in [0.5, 0.6) is 0 Å². The number of nitrogens with zero attached hydrogens (tertiary/aromatic N) is 10. The lowest BCUT2D eigenvalue weighted by molar-refractivity contribution is -0.155. The van der Waals surface area contributed by atoms with Crippen LogP contribution in [0.25, 0.3) is 22.8 Å². The van der Waals surface area contributed by atoms with Gasteiger partial charge in [-0.05, 0) is 94.3 Å². The van der Waals surface area contributed by atoms with Gasteiger partial charge in [-0.15, -0.1) is 32.8 Å². The molecule has 4 aromatic carbocycles. The molecule has 0 fully saturated rings. The van der Waals surface area contributed by atoms with Crippen molar-refractivity contribution in [3.8, 4) is 22.8 Å². The third kappa shape index (κ3) is 19.5. The van der Waals surface area contributed by atoms with E-state index in [4.69, 9.17) is 74.8 Å². The van der Waals surface area contributed by atoms with Gasteiger partial charge in [0.2, 0.25) is 11.6 Å². The number of nitrogens with one attached hydrogen (secondary N) is 2. The number of carbonyl (C=O) groups excluding carboxylic acids is 2.